The number of allylic oxidation sites excluding steroid dienone is 2. The normalized spacial score (nSPS) is 49.3. The van der Waals surface area contributed by atoms with Crippen LogP contribution in [-0.2, 0) is 61.8 Å². The number of carbonyl (C=O) groups excluding carboxylic acids is 3. The van der Waals surface area contributed by atoms with Crippen molar-refractivity contribution in [1.29, 1.82) is 0 Å². The number of rotatable bonds is 11. The van der Waals surface area contributed by atoms with Gasteiger partial charge in [-0.1, -0.05) is 53.2 Å². The Morgan fingerprint density at radius 1 is 0.662 bits per heavy atom. The highest BCUT2D eigenvalue weighted by Crippen LogP contribution is 2.76. The van der Waals surface area contributed by atoms with Gasteiger partial charge in [0.15, 0.2) is 37.2 Å². The van der Waals surface area contributed by atoms with Gasteiger partial charge in [-0.3, -0.25) is 19.2 Å². The van der Waals surface area contributed by atoms with Crippen molar-refractivity contribution in [3.63, 3.8) is 0 Å². The Bertz CT molecular complexity index is 2050. The maximum Gasteiger partial charge on any atom is 0.310 e. The summed E-state index contributed by atoms with van der Waals surface area (Å²) >= 11 is 0. The Hall–Kier alpha value is -2.82. The monoisotopic (exact) mass is 1010 g/mol. The topological polar surface area (TPSA) is 273 Å². The van der Waals surface area contributed by atoms with Crippen LogP contribution in [0, 0.1) is 50.2 Å². The summed E-state index contributed by atoms with van der Waals surface area (Å²) in [6.07, 6.45) is -9.79. The third kappa shape index (κ3) is 9.30. The first-order valence-corrected chi connectivity index (χ1v) is 25.8. The van der Waals surface area contributed by atoms with E-state index in [2.05, 4.69) is 40.7 Å². The van der Waals surface area contributed by atoms with Gasteiger partial charge in [0.05, 0.1) is 37.4 Å². The fraction of sp³-hybridized carbons (Fsp3) is 0.885. The second-order valence-corrected chi connectivity index (χ2v) is 24.2. The van der Waals surface area contributed by atoms with Crippen LogP contribution in [0.25, 0.3) is 0 Å². The minimum atomic E-state index is -1.83. The van der Waals surface area contributed by atoms with Crippen LogP contribution in [0.5, 0.6) is 0 Å². The van der Waals surface area contributed by atoms with Gasteiger partial charge in [-0.2, -0.15) is 0 Å². The Balaban J connectivity index is 1.03. The number of aliphatic carboxylic acids is 1. The maximum absolute atomic E-state index is 13.2. The molecule has 3 saturated heterocycles. The van der Waals surface area contributed by atoms with E-state index in [1.807, 2.05) is 6.92 Å². The molecular weight excluding hydrogens is 929 g/mol. The average Bonchev–Trinajstić information content (AvgIpc) is 3.28. The molecule has 0 spiro atoms. The Kier molecular flexibility index (Phi) is 15.1. The van der Waals surface area contributed by atoms with Gasteiger partial charge >= 0.3 is 23.9 Å². The van der Waals surface area contributed by atoms with Crippen LogP contribution in [-0.4, -0.2) is 160 Å². The quantitative estimate of drug-likeness (QED) is 0.0745. The molecule has 3 heterocycles. The molecule has 19 nitrogen and oxygen atoms in total. The van der Waals surface area contributed by atoms with Crippen molar-refractivity contribution < 1.29 is 92.4 Å². The van der Waals surface area contributed by atoms with Crippen molar-refractivity contribution in [2.75, 3.05) is 19.8 Å². The molecule has 19 heteroatoms. The zero-order valence-corrected chi connectivity index (χ0v) is 43.1. The van der Waals surface area contributed by atoms with Crippen LogP contribution < -0.4 is 0 Å². The van der Waals surface area contributed by atoms with Crippen molar-refractivity contribution in [3.05, 3.63) is 11.6 Å². The number of carboxylic acid groups (broad SMARTS) is 1. The minimum absolute atomic E-state index is 0.0155. The molecule has 0 unspecified atom stereocenters. The highest BCUT2D eigenvalue weighted by Gasteiger charge is 2.70. The lowest BCUT2D eigenvalue weighted by molar-refractivity contribution is -0.379. The van der Waals surface area contributed by atoms with E-state index in [0.29, 0.717) is 19.3 Å². The summed E-state index contributed by atoms with van der Waals surface area (Å²) in [5, 5.41) is 68.7. The van der Waals surface area contributed by atoms with E-state index < -0.39 is 121 Å². The van der Waals surface area contributed by atoms with Crippen LogP contribution >= 0.6 is 0 Å². The smallest absolute Gasteiger partial charge is 0.310 e. The van der Waals surface area contributed by atoms with Crippen molar-refractivity contribution in [1.82, 2.24) is 0 Å². The first-order chi connectivity index (χ1) is 33.2. The molecule has 0 aromatic rings. The summed E-state index contributed by atoms with van der Waals surface area (Å²) in [4.78, 5) is 49.2. The highest BCUT2D eigenvalue weighted by atomic mass is 16.8. The maximum atomic E-state index is 13.2. The van der Waals surface area contributed by atoms with E-state index in [9.17, 15) is 49.8 Å². The van der Waals surface area contributed by atoms with Gasteiger partial charge in [0.25, 0.3) is 0 Å². The molecular formula is C52H80O19. The zero-order chi connectivity index (χ0) is 52.0. The fourth-order valence-electron chi connectivity index (χ4n) is 15.5. The number of esters is 3. The molecule has 0 amide bonds. The molecule has 0 radical (unpaired) electrons. The molecule has 6 N–H and O–H groups in total. The number of carboxylic acids is 1. The van der Waals surface area contributed by atoms with Gasteiger partial charge in [0.2, 0.25) is 0 Å². The van der Waals surface area contributed by atoms with Crippen LogP contribution in [0.4, 0.5) is 0 Å². The molecule has 0 aromatic carbocycles. The predicted octanol–water partition coefficient (Wildman–Crippen LogP) is 3.70. The summed E-state index contributed by atoms with van der Waals surface area (Å²) in [6, 6.07) is 0. The standard InChI is InChI=1S/C52H80O19/c1-25-36(57)41(70-43-38(59)40(68-28(4)56)32(23-63-43)67-27(3)55)39(60)44(65-25)71-42-37(58)31(66-26(2)54)22-64-45(42)69-35-14-15-48(7)33(49(35,8)24-53)13-16-51(10)34(48)12-11-29-30-21-47(5,6)17-19-52(30,46(61)62)20-18-50(29,51)9/h11,25,30-45,53,57-60H,12-24H2,1-10H3,(H,61,62)/t25-,30-,31-,32-,33+,34+,35-,36-,37-,38+,39+,40-,41+,42+,43-,44-,45-,48-,49-,50+,51+,52-/m0/s1. The van der Waals surface area contributed by atoms with E-state index >= 15 is 0 Å². The number of carbonyl (C=O) groups is 4. The first-order valence-electron chi connectivity index (χ1n) is 25.8. The number of ether oxygens (including phenoxy) is 9. The van der Waals surface area contributed by atoms with Gasteiger partial charge in [0.1, 0.15) is 36.6 Å². The highest BCUT2D eigenvalue weighted by molar-refractivity contribution is 5.76. The molecule has 22 atom stereocenters. The molecule has 0 aromatic heterocycles. The van der Waals surface area contributed by atoms with E-state index in [1.54, 1.807) is 0 Å². The van der Waals surface area contributed by atoms with Gasteiger partial charge in [-0.05, 0) is 111 Å². The SMILES string of the molecule is CC(=O)O[C@@H]1[C@@H](O)[C@H](O[C@@H]2[C@@H](O)[C@H](C)O[C@@H](O[C@H]3[C@H](O[C@H]4CC[C@@]5(C)[C@@H](CC[C@]6(C)[C@@H]5CC=C5[C@@H]7CC(C)(C)CC[C@]7(C(=O)O)CC[C@]56C)[C@]4(C)CO)OC[C@H](OC(C)=O)[C@@H]3O)[C@@H]2O)OC[C@@H]1OC(C)=O. The molecule has 8 aliphatic rings. The van der Waals surface area contributed by atoms with E-state index in [-0.39, 0.29) is 59.2 Å². The van der Waals surface area contributed by atoms with Crippen molar-refractivity contribution in [2.45, 2.75) is 219 Å². The lowest BCUT2D eigenvalue weighted by Crippen LogP contribution is -2.67. The van der Waals surface area contributed by atoms with Crippen molar-refractivity contribution in [3.8, 4) is 0 Å². The molecule has 4 saturated carbocycles. The van der Waals surface area contributed by atoms with E-state index in [1.165, 1.54) is 19.4 Å². The van der Waals surface area contributed by atoms with E-state index in [4.69, 9.17) is 42.6 Å². The van der Waals surface area contributed by atoms with Crippen LogP contribution in [0.15, 0.2) is 11.6 Å². The minimum Gasteiger partial charge on any atom is -0.481 e. The second-order valence-electron chi connectivity index (χ2n) is 24.2. The summed E-state index contributed by atoms with van der Waals surface area (Å²) < 4.78 is 53.0. The van der Waals surface area contributed by atoms with Crippen LogP contribution in [0.2, 0.25) is 0 Å². The molecule has 5 aliphatic carbocycles. The van der Waals surface area contributed by atoms with Crippen LogP contribution in [0.3, 0.4) is 0 Å². The molecule has 7 fully saturated rings. The number of hydrogen-bond acceptors (Lipinski definition) is 18. The Morgan fingerprint density at radius 2 is 1.27 bits per heavy atom. The third-order valence-corrected chi connectivity index (χ3v) is 19.6. The molecule has 8 rings (SSSR count). The van der Waals surface area contributed by atoms with Crippen molar-refractivity contribution in [2.24, 2.45) is 50.2 Å². The van der Waals surface area contributed by atoms with Gasteiger partial charge in [-0.15, -0.1) is 0 Å². The Morgan fingerprint density at radius 3 is 1.92 bits per heavy atom. The summed E-state index contributed by atoms with van der Waals surface area (Å²) in [5.41, 5.74) is -0.762. The molecule has 3 aliphatic heterocycles. The lowest BCUT2D eigenvalue weighted by atomic mass is 9.33. The molecule has 402 valence electrons. The third-order valence-electron chi connectivity index (χ3n) is 19.6. The summed E-state index contributed by atoms with van der Waals surface area (Å²) in [5.74, 6) is -2.66. The van der Waals surface area contributed by atoms with Gasteiger partial charge in [0, 0.05) is 26.2 Å². The second kappa shape index (κ2) is 19.7. The van der Waals surface area contributed by atoms with Gasteiger partial charge in [-0.25, -0.2) is 0 Å². The number of fused-ring (bicyclic) bond motifs is 7. The molecule has 71 heavy (non-hydrogen) atoms. The summed E-state index contributed by atoms with van der Waals surface area (Å²) in [6.45, 7) is 17.8. The average molecular weight is 1010 g/mol. The predicted molar refractivity (Wildman–Crippen MR) is 247 cm³/mol. The van der Waals surface area contributed by atoms with Gasteiger partial charge < -0.3 is 73.3 Å². The fourth-order valence-corrected chi connectivity index (χ4v) is 15.5. The molecule has 0 bridgehead atoms. The van der Waals surface area contributed by atoms with Crippen molar-refractivity contribution >= 4 is 23.9 Å². The largest absolute Gasteiger partial charge is 0.481 e. The summed E-state index contributed by atoms with van der Waals surface area (Å²) in [7, 11) is 0. The lowest BCUT2D eigenvalue weighted by Gasteiger charge is -2.71. The van der Waals surface area contributed by atoms with Crippen LogP contribution in [0.1, 0.15) is 133 Å². The van der Waals surface area contributed by atoms with E-state index in [0.717, 1.165) is 58.8 Å². The Labute approximate surface area is 416 Å². The number of aliphatic hydroxyl groups is 5. The zero-order valence-electron chi connectivity index (χ0n) is 43.1. The number of hydrogen-bond donors (Lipinski definition) is 6. The first kappa shape index (κ1) is 54.4. The number of aliphatic hydroxyl groups excluding tert-OH is 5.